The largest absolute Gasteiger partial charge is 0.304 e. The van der Waals surface area contributed by atoms with Gasteiger partial charge in [-0.15, -0.1) is 11.3 Å². The minimum Gasteiger partial charge on any atom is -0.304 e. The third-order valence-corrected chi connectivity index (χ3v) is 3.42. The van der Waals surface area contributed by atoms with Gasteiger partial charge >= 0.3 is 0 Å². The Kier molecular flexibility index (Phi) is 3.81. The van der Waals surface area contributed by atoms with E-state index >= 15 is 0 Å². The Labute approximate surface area is 104 Å². The van der Waals surface area contributed by atoms with Gasteiger partial charge in [0.05, 0.1) is 6.20 Å². The van der Waals surface area contributed by atoms with Crippen molar-refractivity contribution >= 4 is 11.3 Å². The Balaban J connectivity index is 1.95. The summed E-state index contributed by atoms with van der Waals surface area (Å²) in [4.78, 5) is 8.20. The molecule has 0 spiro atoms. The van der Waals surface area contributed by atoms with Gasteiger partial charge in [0.25, 0.3) is 0 Å². The van der Waals surface area contributed by atoms with Gasteiger partial charge in [-0.25, -0.2) is 9.37 Å². The number of pyridine rings is 1. The first-order chi connectivity index (χ1) is 8.15. The van der Waals surface area contributed by atoms with E-state index in [9.17, 15) is 4.39 Å². The summed E-state index contributed by atoms with van der Waals surface area (Å²) in [7, 11) is 0. The molecule has 1 atom stereocenters. The summed E-state index contributed by atoms with van der Waals surface area (Å²) in [5.41, 5.74) is 1.88. The lowest BCUT2D eigenvalue weighted by molar-refractivity contribution is 0.559. The van der Waals surface area contributed by atoms with Crippen molar-refractivity contribution in [2.45, 2.75) is 26.4 Å². The first-order valence-corrected chi connectivity index (χ1v) is 6.28. The predicted molar refractivity (Wildman–Crippen MR) is 66.3 cm³/mol. The summed E-state index contributed by atoms with van der Waals surface area (Å²) in [6.45, 7) is 4.65. The van der Waals surface area contributed by atoms with Crippen LogP contribution in [0.25, 0.3) is 0 Å². The average Bonchev–Trinajstić information content (AvgIpc) is 2.72. The van der Waals surface area contributed by atoms with Crippen LogP contribution in [0.1, 0.15) is 29.2 Å². The molecule has 90 valence electrons. The zero-order valence-electron chi connectivity index (χ0n) is 9.77. The molecule has 0 bridgehead atoms. The zero-order chi connectivity index (χ0) is 12.3. The van der Waals surface area contributed by atoms with Crippen molar-refractivity contribution in [1.29, 1.82) is 0 Å². The number of hydrogen-bond donors (Lipinski definition) is 1. The fraction of sp³-hybridized carbons (Fsp3) is 0.333. The first-order valence-electron chi connectivity index (χ1n) is 5.40. The van der Waals surface area contributed by atoms with E-state index in [1.165, 1.54) is 12.3 Å². The number of hydrogen-bond acceptors (Lipinski definition) is 4. The molecule has 0 aromatic carbocycles. The maximum atomic E-state index is 13.0. The molecular formula is C12H14FN3S. The van der Waals surface area contributed by atoms with Crippen LogP contribution < -0.4 is 5.32 Å². The molecule has 0 saturated heterocycles. The molecule has 1 N–H and O–H groups in total. The Morgan fingerprint density at radius 3 is 2.94 bits per heavy atom. The maximum Gasteiger partial charge on any atom is 0.141 e. The van der Waals surface area contributed by atoms with Gasteiger partial charge in [0.1, 0.15) is 10.8 Å². The van der Waals surface area contributed by atoms with Crippen LogP contribution in [-0.2, 0) is 6.54 Å². The fourth-order valence-corrected chi connectivity index (χ4v) is 2.23. The third kappa shape index (κ3) is 3.31. The smallest absolute Gasteiger partial charge is 0.141 e. The van der Waals surface area contributed by atoms with Gasteiger partial charge in [-0.3, -0.25) is 4.98 Å². The summed E-state index contributed by atoms with van der Waals surface area (Å²) >= 11 is 1.63. The van der Waals surface area contributed by atoms with Crippen molar-refractivity contribution in [2.75, 3.05) is 0 Å². The second-order valence-corrected chi connectivity index (χ2v) is 4.86. The normalized spacial score (nSPS) is 12.6. The lowest BCUT2D eigenvalue weighted by atomic mass is 10.1. The van der Waals surface area contributed by atoms with E-state index in [0.717, 1.165) is 16.3 Å². The molecule has 0 aliphatic heterocycles. The van der Waals surface area contributed by atoms with Crippen molar-refractivity contribution in [2.24, 2.45) is 0 Å². The molecular weight excluding hydrogens is 237 g/mol. The number of nitrogens with one attached hydrogen (secondary N) is 1. The number of nitrogens with zero attached hydrogens (tertiary/aromatic N) is 2. The van der Waals surface area contributed by atoms with Crippen molar-refractivity contribution in [1.82, 2.24) is 15.3 Å². The van der Waals surface area contributed by atoms with Crippen LogP contribution in [0.15, 0.2) is 23.8 Å². The second kappa shape index (κ2) is 5.33. The lowest BCUT2D eigenvalue weighted by Gasteiger charge is -2.12. The van der Waals surface area contributed by atoms with E-state index in [2.05, 4.69) is 15.3 Å². The highest BCUT2D eigenvalue weighted by atomic mass is 32.1. The van der Waals surface area contributed by atoms with Crippen LogP contribution >= 0.6 is 11.3 Å². The SMILES string of the molecule is Cc1csc(CNC(C)c2cncc(F)c2)n1. The average molecular weight is 251 g/mol. The number of aryl methyl sites for hydroxylation is 1. The highest BCUT2D eigenvalue weighted by molar-refractivity contribution is 7.09. The molecule has 0 aliphatic carbocycles. The Morgan fingerprint density at radius 1 is 1.47 bits per heavy atom. The third-order valence-electron chi connectivity index (χ3n) is 2.45. The molecule has 3 nitrogen and oxygen atoms in total. The molecule has 2 aromatic rings. The van der Waals surface area contributed by atoms with Crippen LogP contribution in [0.4, 0.5) is 4.39 Å². The Bertz CT molecular complexity index is 498. The van der Waals surface area contributed by atoms with Gasteiger partial charge in [-0.2, -0.15) is 0 Å². The summed E-state index contributed by atoms with van der Waals surface area (Å²) in [5, 5.41) is 6.36. The van der Waals surface area contributed by atoms with Crippen LogP contribution in [0.5, 0.6) is 0 Å². The van der Waals surface area contributed by atoms with E-state index in [0.29, 0.717) is 6.54 Å². The molecule has 0 aliphatic rings. The fourth-order valence-electron chi connectivity index (χ4n) is 1.51. The highest BCUT2D eigenvalue weighted by Crippen LogP contribution is 2.14. The van der Waals surface area contributed by atoms with Gasteiger partial charge < -0.3 is 5.32 Å². The van der Waals surface area contributed by atoms with Crippen LogP contribution in [-0.4, -0.2) is 9.97 Å². The molecule has 2 heterocycles. The molecule has 0 amide bonds. The van der Waals surface area contributed by atoms with Gasteiger partial charge in [0.2, 0.25) is 0 Å². The molecule has 0 fully saturated rings. The van der Waals surface area contributed by atoms with Crippen LogP contribution in [0, 0.1) is 12.7 Å². The molecule has 0 saturated carbocycles. The minimum atomic E-state index is -0.304. The van der Waals surface area contributed by atoms with Crippen molar-refractivity contribution in [3.8, 4) is 0 Å². The van der Waals surface area contributed by atoms with Crippen LogP contribution in [0.2, 0.25) is 0 Å². The van der Waals surface area contributed by atoms with Gasteiger partial charge in [0, 0.05) is 29.9 Å². The van der Waals surface area contributed by atoms with Gasteiger partial charge in [-0.05, 0) is 25.5 Å². The minimum absolute atomic E-state index is 0.0578. The quantitative estimate of drug-likeness (QED) is 0.908. The van der Waals surface area contributed by atoms with Crippen molar-refractivity contribution in [3.05, 3.63) is 45.9 Å². The number of rotatable bonds is 4. The van der Waals surface area contributed by atoms with Crippen molar-refractivity contribution in [3.63, 3.8) is 0 Å². The topological polar surface area (TPSA) is 37.8 Å². The molecule has 5 heteroatoms. The molecule has 1 unspecified atom stereocenters. The standard InChI is InChI=1S/C12H14FN3S/c1-8-7-17-12(16-8)6-15-9(2)10-3-11(13)5-14-4-10/h3-5,7,9,15H,6H2,1-2H3. The van der Waals surface area contributed by atoms with E-state index < -0.39 is 0 Å². The van der Waals surface area contributed by atoms with E-state index in [4.69, 9.17) is 0 Å². The molecule has 0 radical (unpaired) electrons. The number of halogens is 1. The predicted octanol–water partition coefficient (Wildman–Crippen LogP) is 2.84. The van der Waals surface area contributed by atoms with Gasteiger partial charge in [-0.1, -0.05) is 0 Å². The maximum absolute atomic E-state index is 13.0. The monoisotopic (exact) mass is 251 g/mol. The lowest BCUT2D eigenvalue weighted by Crippen LogP contribution is -2.18. The summed E-state index contributed by atoms with van der Waals surface area (Å²) in [5.74, 6) is -0.304. The highest BCUT2D eigenvalue weighted by Gasteiger charge is 2.07. The van der Waals surface area contributed by atoms with E-state index in [1.54, 1.807) is 17.5 Å². The zero-order valence-corrected chi connectivity index (χ0v) is 10.6. The summed E-state index contributed by atoms with van der Waals surface area (Å²) in [6.07, 6.45) is 2.88. The van der Waals surface area contributed by atoms with Gasteiger partial charge in [0.15, 0.2) is 0 Å². The molecule has 2 rings (SSSR count). The summed E-state index contributed by atoms with van der Waals surface area (Å²) < 4.78 is 13.0. The van der Waals surface area contributed by atoms with Crippen LogP contribution in [0.3, 0.4) is 0 Å². The van der Waals surface area contributed by atoms with E-state index in [1.807, 2.05) is 19.2 Å². The Hall–Kier alpha value is -1.33. The molecule has 2 aromatic heterocycles. The summed E-state index contributed by atoms with van der Waals surface area (Å²) in [6, 6.07) is 1.56. The Morgan fingerprint density at radius 2 is 2.29 bits per heavy atom. The van der Waals surface area contributed by atoms with E-state index in [-0.39, 0.29) is 11.9 Å². The molecule has 17 heavy (non-hydrogen) atoms. The van der Waals surface area contributed by atoms with Crippen molar-refractivity contribution < 1.29 is 4.39 Å². The first kappa shape index (κ1) is 12.1. The number of aromatic nitrogens is 2. The number of thiazole rings is 1. The second-order valence-electron chi connectivity index (χ2n) is 3.92.